The molecule has 0 radical (unpaired) electrons. The van der Waals surface area contributed by atoms with E-state index in [1.807, 2.05) is 23.9 Å². The molecule has 0 spiro atoms. The Hall–Kier alpha value is -1.45. The van der Waals surface area contributed by atoms with Crippen LogP contribution in [0.3, 0.4) is 0 Å². The standard InChI is InChI=1S/C18H23NOS/c1-13-5-4-6-15(11-13)12-21-18(14(2)19)16-7-9-17(20-3)10-8-16/h4-11,14,18H,12,19H2,1-3H3. The average Bonchev–Trinajstić information content (AvgIpc) is 2.48. The number of hydrogen-bond donors (Lipinski definition) is 1. The van der Waals surface area contributed by atoms with Crippen molar-refractivity contribution >= 4 is 11.8 Å². The highest BCUT2D eigenvalue weighted by Gasteiger charge is 2.17. The molecule has 0 aliphatic rings. The van der Waals surface area contributed by atoms with Crippen LogP contribution >= 0.6 is 11.8 Å². The minimum Gasteiger partial charge on any atom is -0.497 e. The first-order chi connectivity index (χ1) is 10.1. The maximum Gasteiger partial charge on any atom is 0.118 e. The highest BCUT2D eigenvalue weighted by Crippen LogP contribution is 2.34. The number of aryl methyl sites for hydroxylation is 1. The van der Waals surface area contributed by atoms with Crippen LogP contribution in [0.4, 0.5) is 0 Å². The van der Waals surface area contributed by atoms with E-state index in [0.29, 0.717) is 0 Å². The fourth-order valence-corrected chi connectivity index (χ4v) is 3.54. The lowest BCUT2D eigenvalue weighted by Crippen LogP contribution is -2.22. The van der Waals surface area contributed by atoms with Crippen LogP contribution in [0.15, 0.2) is 48.5 Å². The summed E-state index contributed by atoms with van der Waals surface area (Å²) < 4.78 is 5.21. The Kier molecular flexibility index (Phi) is 5.71. The smallest absolute Gasteiger partial charge is 0.118 e. The molecular weight excluding hydrogens is 278 g/mol. The first-order valence-electron chi connectivity index (χ1n) is 7.17. The Morgan fingerprint density at radius 1 is 1.14 bits per heavy atom. The van der Waals surface area contributed by atoms with Crippen LogP contribution in [0.5, 0.6) is 5.75 Å². The van der Waals surface area contributed by atoms with Crippen LogP contribution in [-0.2, 0) is 5.75 Å². The highest BCUT2D eigenvalue weighted by atomic mass is 32.2. The summed E-state index contributed by atoms with van der Waals surface area (Å²) >= 11 is 1.89. The molecule has 0 aromatic heterocycles. The summed E-state index contributed by atoms with van der Waals surface area (Å²) in [5.41, 5.74) is 10.1. The molecule has 3 heteroatoms. The van der Waals surface area contributed by atoms with Gasteiger partial charge in [0.05, 0.1) is 7.11 Å². The molecule has 2 nitrogen and oxygen atoms in total. The van der Waals surface area contributed by atoms with Crippen LogP contribution < -0.4 is 10.5 Å². The van der Waals surface area contributed by atoms with Crippen LogP contribution in [0, 0.1) is 6.92 Å². The number of benzene rings is 2. The Morgan fingerprint density at radius 2 is 1.86 bits per heavy atom. The monoisotopic (exact) mass is 301 g/mol. The van der Waals surface area contributed by atoms with E-state index in [2.05, 4.69) is 50.2 Å². The van der Waals surface area contributed by atoms with E-state index >= 15 is 0 Å². The number of ether oxygens (including phenoxy) is 1. The molecule has 2 unspecified atom stereocenters. The van der Waals surface area contributed by atoms with Crippen molar-refractivity contribution in [1.29, 1.82) is 0 Å². The zero-order valence-corrected chi connectivity index (χ0v) is 13.7. The number of rotatable bonds is 6. The largest absolute Gasteiger partial charge is 0.497 e. The van der Waals surface area contributed by atoms with Crippen LogP contribution in [-0.4, -0.2) is 13.2 Å². The van der Waals surface area contributed by atoms with Gasteiger partial charge in [-0.15, -0.1) is 11.8 Å². The number of nitrogens with two attached hydrogens (primary N) is 1. The lowest BCUT2D eigenvalue weighted by Gasteiger charge is -2.21. The lowest BCUT2D eigenvalue weighted by atomic mass is 10.1. The summed E-state index contributed by atoms with van der Waals surface area (Å²) in [6.07, 6.45) is 0. The van der Waals surface area contributed by atoms with E-state index in [1.165, 1.54) is 16.7 Å². The molecule has 2 atom stereocenters. The van der Waals surface area contributed by atoms with Crippen molar-refractivity contribution in [3.8, 4) is 5.75 Å². The third kappa shape index (κ3) is 4.51. The third-order valence-corrected chi connectivity index (χ3v) is 4.99. The van der Waals surface area contributed by atoms with Crippen molar-refractivity contribution < 1.29 is 4.74 Å². The zero-order valence-electron chi connectivity index (χ0n) is 12.9. The molecular formula is C18H23NOS. The maximum atomic E-state index is 6.18. The van der Waals surface area contributed by atoms with Gasteiger partial charge in [0.2, 0.25) is 0 Å². The van der Waals surface area contributed by atoms with Gasteiger partial charge < -0.3 is 10.5 Å². The van der Waals surface area contributed by atoms with E-state index in [4.69, 9.17) is 10.5 Å². The summed E-state index contributed by atoms with van der Waals surface area (Å²) in [4.78, 5) is 0. The maximum absolute atomic E-state index is 6.18. The van der Waals surface area contributed by atoms with E-state index in [-0.39, 0.29) is 11.3 Å². The molecule has 0 saturated heterocycles. The molecule has 0 aliphatic carbocycles. The van der Waals surface area contributed by atoms with Crippen molar-refractivity contribution in [1.82, 2.24) is 0 Å². The van der Waals surface area contributed by atoms with Gasteiger partial charge in [0, 0.05) is 17.0 Å². The average molecular weight is 301 g/mol. The molecule has 0 heterocycles. The van der Waals surface area contributed by atoms with Gasteiger partial charge in [-0.25, -0.2) is 0 Å². The van der Waals surface area contributed by atoms with Gasteiger partial charge in [-0.2, -0.15) is 0 Å². The fourth-order valence-electron chi connectivity index (χ4n) is 2.33. The van der Waals surface area contributed by atoms with E-state index in [1.54, 1.807) is 7.11 Å². The summed E-state index contributed by atoms with van der Waals surface area (Å²) in [5, 5.41) is 0.288. The molecule has 0 saturated carbocycles. The molecule has 0 aliphatic heterocycles. The lowest BCUT2D eigenvalue weighted by molar-refractivity contribution is 0.414. The number of hydrogen-bond acceptors (Lipinski definition) is 3. The Morgan fingerprint density at radius 3 is 2.43 bits per heavy atom. The fraction of sp³-hybridized carbons (Fsp3) is 0.333. The number of methoxy groups -OCH3 is 1. The van der Waals surface area contributed by atoms with Crippen molar-refractivity contribution in [2.75, 3.05) is 7.11 Å². The second-order valence-electron chi connectivity index (χ2n) is 5.35. The molecule has 112 valence electrons. The predicted octanol–water partition coefficient (Wildman–Crippen LogP) is 4.33. The van der Waals surface area contributed by atoms with Crippen molar-refractivity contribution in [3.63, 3.8) is 0 Å². The van der Waals surface area contributed by atoms with Gasteiger partial charge in [0.1, 0.15) is 5.75 Å². The van der Waals surface area contributed by atoms with Crippen LogP contribution in [0.1, 0.15) is 28.9 Å². The summed E-state index contributed by atoms with van der Waals surface area (Å²) in [6.45, 7) is 4.19. The van der Waals surface area contributed by atoms with Gasteiger partial charge >= 0.3 is 0 Å². The molecule has 0 fully saturated rings. The topological polar surface area (TPSA) is 35.2 Å². The molecule has 2 aromatic carbocycles. The summed E-state index contributed by atoms with van der Waals surface area (Å²) in [5.74, 6) is 1.85. The second kappa shape index (κ2) is 7.53. The van der Waals surface area contributed by atoms with E-state index < -0.39 is 0 Å². The molecule has 21 heavy (non-hydrogen) atoms. The first-order valence-corrected chi connectivity index (χ1v) is 8.21. The normalized spacial score (nSPS) is 13.7. The Bertz CT molecular complexity index is 566. The van der Waals surface area contributed by atoms with Crippen LogP contribution in [0.2, 0.25) is 0 Å². The quantitative estimate of drug-likeness (QED) is 0.862. The molecule has 2 rings (SSSR count). The zero-order chi connectivity index (χ0) is 15.2. The molecule has 2 aromatic rings. The van der Waals surface area contributed by atoms with Gasteiger partial charge in [-0.3, -0.25) is 0 Å². The molecule has 0 amide bonds. The third-order valence-electron chi connectivity index (χ3n) is 3.43. The summed E-state index contributed by atoms with van der Waals surface area (Å²) in [7, 11) is 1.69. The molecule has 2 N–H and O–H groups in total. The van der Waals surface area contributed by atoms with E-state index in [0.717, 1.165) is 11.5 Å². The summed E-state index contributed by atoms with van der Waals surface area (Å²) in [6, 6.07) is 17.0. The Balaban J connectivity index is 2.08. The Labute approximate surface area is 131 Å². The predicted molar refractivity (Wildman–Crippen MR) is 91.9 cm³/mol. The van der Waals surface area contributed by atoms with Crippen molar-refractivity contribution in [2.24, 2.45) is 5.73 Å². The minimum atomic E-state index is 0.105. The van der Waals surface area contributed by atoms with Gasteiger partial charge in [0.25, 0.3) is 0 Å². The van der Waals surface area contributed by atoms with Gasteiger partial charge in [-0.05, 0) is 37.1 Å². The first kappa shape index (κ1) is 15.9. The minimum absolute atomic E-state index is 0.105. The van der Waals surface area contributed by atoms with Crippen molar-refractivity contribution in [2.45, 2.75) is 30.9 Å². The van der Waals surface area contributed by atoms with Gasteiger partial charge in [-0.1, -0.05) is 42.0 Å². The SMILES string of the molecule is COc1ccc(C(SCc2cccc(C)c2)C(C)N)cc1. The molecule has 0 bridgehead atoms. The van der Waals surface area contributed by atoms with Crippen molar-refractivity contribution in [3.05, 3.63) is 65.2 Å². The highest BCUT2D eigenvalue weighted by molar-refractivity contribution is 7.98. The second-order valence-corrected chi connectivity index (χ2v) is 6.48. The van der Waals surface area contributed by atoms with Gasteiger partial charge in [0.15, 0.2) is 0 Å². The number of thioether (sulfide) groups is 1. The van der Waals surface area contributed by atoms with E-state index in [9.17, 15) is 0 Å². The van der Waals surface area contributed by atoms with Crippen LogP contribution in [0.25, 0.3) is 0 Å².